The van der Waals surface area contributed by atoms with E-state index in [2.05, 4.69) is 11.2 Å². The van der Waals surface area contributed by atoms with Crippen LogP contribution in [0.15, 0.2) is 18.2 Å². The fraction of sp³-hybridized carbons (Fsp3) is 0.417. The Hall–Kier alpha value is -1.04. The molecule has 92 valence electrons. The normalized spacial score (nSPS) is 14.7. The van der Waals surface area contributed by atoms with Crippen molar-refractivity contribution in [3.63, 3.8) is 0 Å². The van der Waals surface area contributed by atoms with E-state index < -0.39 is 5.91 Å². The lowest BCUT2D eigenvalue weighted by molar-refractivity contribution is 0.0706. The van der Waals surface area contributed by atoms with E-state index in [0.29, 0.717) is 5.56 Å². The number of carbonyl (C=O) groups excluding carboxylic acids is 1. The van der Waals surface area contributed by atoms with E-state index >= 15 is 0 Å². The molecule has 0 aliphatic carbocycles. The molecule has 1 amide bonds. The van der Waals surface area contributed by atoms with Gasteiger partial charge in [0.2, 0.25) is 0 Å². The summed E-state index contributed by atoms with van der Waals surface area (Å²) < 4.78 is 2.30. The van der Waals surface area contributed by atoms with E-state index in [1.54, 1.807) is 11.5 Å². The molecule has 0 radical (unpaired) electrons. The van der Waals surface area contributed by atoms with Crippen molar-refractivity contribution < 1.29 is 10.0 Å². The summed E-state index contributed by atoms with van der Waals surface area (Å²) >= 11 is 1.84. The molecule has 4 nitrogen and oxygen atoms in total. The molecule has 0 fully saturated rings. The number of nitrogens with zero attached hydrogens (tertiary/aromatic N) is 1. The van der Waals surface area contributed by atoms with Crippen LogP contribution in [-0.4, -0.2) is 21.2 Å². The third-order valence-corrected chi connectivity index (χ3v) is 3.96. The third-order valence-electron chi connectivity index (χ3n) is 2.74. The highest BCUT2D eigenvalue weighted by Crippen LogP contribution is 2.29. The Balaban J connectivity index is 2.08. The van der Waals surface area contributed by atoms with Crippen LogP contribution in [0.2, 0.25) is 0 Å². The first-order valence-corrected chi connectivity index (χ1v) is 6.63. The van der Waals surface area contributed by atoms with Crippen LogP contribution in [0.3, 0.4) is 0 Å². The number of amides is 1. The SMILES string of the molecule is CCCSN1Cc2ccc(C(=O)NO)cc2C1. The predicted molar refractivity (Wildman–Crippen MR) is 67.7 cm³/mol. The van der Waals surface area contributed by atoms with Gasteiger partial charge in [-0.1, -0.05) is 24.9 Å². The number of carbonyl (C=O) groups is 1. The van der Waals surface area contributed by atoms with Gasteiger partial charge in [-0.25, -0.2) is 9.79 Å². The van der Waals surface area contributed by atoms with Crippen LogP contribution < -0.4 is 5.48 Å². The summed E-state index contributed by atoms with van der Waals surface area (Å²) in [5.74, 6) is 0.672. The minimum absolute atomic E-state index is 0.451. The number of benzene rings is 1. The van der Waals surface area contributed by atoms with Crippen molar-refractivity contribution in [3.05, 3.63) is 34.9 Å². The molecule has 0 spiro atoms. The molecule has 1 heterocycles. The standard InChI is InChI=1S/C12H16N2O2S/c1-2-5-17-14-7-10-4-3-9(12(15)13-16)6-11(10)8-14/h3-4,6,16H,2,5,7-8H2,1H3,(H,13,15). The van der Waals surface area contributed by atoms with Gasteiger partial charge in [-0.15, -0.1) is 0 Å². The minimum atomic E-state index is -0.451. The highest BCUT2D eigenvalue weighted by molar-refractivity contribution is 7.96. The van der Waals surface area contributed by atoms with Crippen LogP contribution in [0.1, 0.15) is 34.8 Å². The van der Waals surface area contributed by atoms with Gasteiger partial charge in [0, 0.05) is 24.4 Å². The van der Waals surface area contributed by atoms with E-state index in [1.807, 2.05) is 24.1 Å². The third kappa shape index (κ3) is 2.80. The van der Waals surface area contributed by atoms with Crippen LogP contribution in [0.5, 0.6) is 0 Å². The van der Waals surface area contributed by atoms with Gasteiger partial charge in [0.15, 0.2) is 0 Å². The lowest BCUT2D eigenvalue weighted by Gasteiger charge is -2.11. The second-order valence-corrected chi connectivity index (χ2v) is 5.24. The Morgan fingerprint density at radius 2 is 2.24 bits per heavy atom. The molecule has 5 heteroatoms. The Labute approximate surface area is 105 Å². The molecule has 2 N–H and O–H groups in total. The summed E-state index contributed by atoms with van der Waals surface area (Å²) in [5.41, 5.74) is 4.61. The molecule has 0 saturated carbocycles. The molecule has 1 aromatic rings. The van der Waals surface area contributed by atoms with Gasteiger partial charge in [-0.2, -0.15) is 0 Å². The zero-order valence-electron chi connectivity index (χ0n) is 9.77. The first-order chi connectivity index (χ1) is 8.24. The number of fused-ring (bicyclic) bond motifs is 1. The summed E-state index contributed by atoms with van der Waals surface area (Å²) in [6, 6.07) is 5.57. The zero-order valence-corrected chi connectivity index (χ0v) is 10.6. The van der Waals surface area contributed by atoms with Gasteiger partial charge in [0.05, 0.1) is 0 Å². The molecular formula is C12H16N2O2S. The van der Waals surface area contributed by atoms with Crippen LogP contribution in [0.25, 0.3) is 0 Å². The summed E-state index contributed by atoms with van der Waals surface area (Å²) in [6.45, 7) is 3.97. The van der Waals surface area contributed by atoms with Crippen molar-refractivity contribution in [1.29, 1.82) is 0 Å². The maximum atomic E-state index is 11.3. The predicted octanol–water partition coefficient (Wildman–Crippen LogP) is 2.18. The first kappa shape index (κ1) is 12.4. The van der Waals surface area contributed by atoms with Crippen molar-refractivity contribution >= 4 is 17.9 Å². The maximum Gasteiger partial charge on any atom is 0.274 e. The summed E-state index contributed by atoms with van der Waals surface area (Å²) in [4.78, 5) is 11.3. The lowest BCUT2D eigenvalue weighted by Crippen LogP contribution is -2.18. The van der Waals surface area contributed by atoms with Crippen molar-refractivity contribution in [1.82, 2.24) is 9.79 Å². The van der Waals surface area contributed by atoms with Gasteiger partial charge >= 0.3 is 0 Å². The molecular weight excluding hydrogens is 236 g/mol. The summed E-state index contributed by atoms with van der Waals surface area (Å²) in [7, 11) is 0. The molecule has 0 unspecified atom stereocenters. The largest absolute Gasteiger partial charge is 0.288 e. The number of hydrogen-bond donors (Lipinski definition) is 2. The van der Waals surface area contributed by atoms with Crippen molar-refractivity contribution in [3.8, 4) is 0 Å². The average Bonchev–Trinajstić information content (AvgIpc) is 2.76. The van der Waals surface area contributed by atoms with Crippen molar-refractivity contribution in [2.45, 2.75) is 26.4 Å². The minimum Gasteiger partial charge on any atom is -0.288 e. The lowest BCUT2D eigenvalue weighted by atomic mass is 10.1. The summed E-state index contributed by atoms with van der Waals surface area (Å²) in [6.07, 6.45) is 1.16. The molecule has 17 heavy (non-hydrogen) atoms. The quantitative estimate of drug-likeness (QED) is 0.490. The topological polar surface area (TPSA) is 52.6 Å². The van der Waals surface area contributed by atoms with Gasteiger partial charge in [0.1, 0.15) is 0 Å². The fourth-order valence-corrected chi connectivity index (χ4v) is 2.78. The maximum absolute atomic E-state index is 11.3. The molecule has 0 saturated heterocycles. The van der Waals surface area contributed by atoms with E-state index in [4.69, 9.17) is 5.21 Å². The smallest absolute Gasteiger partial charge is 0.274 e. The summed E-state index contributed by atoms with van der Waals surface area (Å²) in [5, 5.41) is 8.59. The van der Waals surface area contributed by atoms with Crippen molar-refractivity contribution in [2.75, 3.05) is 5.75 Å². The second kappa shape index (κ2) is 5.53. The van der Waals surface area contributed by atoms with Crippen LogP contribution >= 0.6 is 11.9 Å². The molecule has 2 rings (SSSR count). The van der Waals surface area contributed by atoms with Crippen LogP contribution in [0, 0.1) is 0 Å². The number of hydroxylamine groups is 1. The number of hydrogen-bond acceptors (Lipinski definition) is 4. The average molecular weight is 252 g/mol. The molecule has 1 aliphatic heterocycles. The number of nitrogens with one attached hydrogen (secondary N) is 1. The highest BCUT2D eigenvalue weighted by Gasteiger charge is 2.20. The number of rotatable bonds is 4. The molecule has 1 aliphatic rings. The van der Waals surface area contributed by atoms with Gasteiger partial charge in [-0.3, -0.25) is 10.0 Å². The van der Waals surface area contributed by atoms with Gasteiger partial charge in [-0.05, 0) is 29.7 Å². The Morgan fingerprint density at radius 3 is 2.94 bits per heavy atom. The van der Waals surface area contributed by atoms with Crippen molar-refractivity contribution in [2.24, 2.45) is 0 Å². The van der Waals surface area contributed by atoms with Gasteiger partial charge < -0.3 is 0 Å². The molecule has 1 aromatic carbocycles. The van der Waals surface area contributed by atoms with E-state index in [-0.39, 0.29) is 0 Å². The zero-order chi connectivity index (χ0) is 12.3. The highest BCUT2D eigenvalue weighted by atomic mass is 32.2. The molecule has 0 aromatic heterocycles. The van der Waals surface area contributed by atoms with Crippen LogP contribution in [0.4, 0.5) is 0 Å². The van der Waals surface area contributed by atoms with Crippen LogP contribution in [-0.2, 0) is 13.1 Å². The Kier molecular flexibility index (Phi) is 4.04. The molecule has 0 atom stereocenters. The molecule has 0 bridgehead atoms. The van der Waals surface area contributed by atoms with Gasteiger partial charge in [0.25, 0.3) is 5.91 Å². The van der Waals surface area contributed by atoms with E-state index in [1.165, 1.54) is 11.1 Å². The Bertz CT molecular complexity index is 423. The Morgan fingerprint density at radius 1 is 1.47 bits per heavy atom. The first-order valence-electron chi connectivity index (χ1n) is 5.68. The van der Waals surface area contributed by atoms with E-state index in [9.17, 15) is 4.79 Å². The van der Waals surface area contributed by atoms with E-state index in [0.717, 1.165) is 25.3 Å². The fourth-order valence-electron chi connectivity index (χ4n) is 1.88. The monoisotopic (exact) mass is 252 g/mol. The second-order valence-electron chi connectivity index (χ2n) is 4.06.